The number of carboxylic acid groups (broad SMARTS) is 1. The van der Waals surface area contributed by atoms with Crippen LogP contribution < -0.4 is 21.3 Å². The Kier molecular flexibility index (Phi) is 14.8. The Morgan fingerprint density at radius 2 is 1.38 bits per heavy atom. The van der Waals surface area contributed by atoms with Gasteiger partial charge in [-0.15, -0.1) is 0 Å². The van der Waals surface area contributed by atoms with Crippen LogP contribution in [0.1, 0.15) is 47.9 Å². The van der Waals surface area contributed by atoms with Crippen molar-refractivity contribution < 1.29 is 24.2 Å². The smallest absolute Gasteiger partial charge is 0.335 e. The molecule has 0 unspecified atom stereocenters. The van der Waals surface area contributed by atoms with Gasteiger partial charge in [-0.3, -0.25) is 9.79 Å². The normalized spacial score (nSPS) is 12.2. The molecule has 0 heterocycles. The molecule has 0 aliphatic carbocycles. The number of carbonyl (C=O) groups is 2. The van der Waals surface area contributed by atoms with E-state index in [1.165, 1.54) is 12.1 Å². The number of nitrogens with zero attached hydrogens (tertiary/aromatic N) is 2. The fraction of sp³-hybridized carbons (Fsp3) is 0.294. The molecule has 0 aromatic heterocycles. The van der Waals surface area contributed by atoms with Gasteiger partial charge in [0, 0.05) is 23.5 Å². The van der Waals surface area contributed by atoms with Gasteiger partial charge in [0.05, 0.1) is 44.4 Å². The number of para-hydroxylation sites is 1. The first-order chi connectivity index (χ1) is 21.9. The molecular formula is C34H42N6O5. The summed E-state index contributed by atoms with van der Waals surface area (Å²) in [6.07, 6.45) is 0.787. The molecule has 0 atom stereocenters. The largest absolute Gasteiger partial charge is 0.478 e. The van der Waals surface area contributed by atoms with Gasteiger partial charge in [0.25, 0.3) is 5.91 Å². The van der Waals surface area contributed by atoms with E-state index in [1.807, 2.05) is 62.4 Å². The average Bonchev–Trinajstić information content (AvgIpc) is 3.05. The van der Waals surface area contributed by atoms with Gasteiger partial charge < -0.3 is 35.8 Å². The summed E-state index contributed by atoms with van der Waals surface area (Å²) in [6.45, 7) is 8.35. The predicted molar refractivity (Wildman–Crippen MR) is 179 cm³/mol. The zero-order chi connectivity index (χ0) is 32.3. The lowest BCUT2D eigenvalue weighted by Gasteiger charge is -2.16. The molecule has 3 aromatic carbocycles. The van der Waals surface area contributed by atoms with E-state index in [0.717, 1.165) is 17.7 Å². The molecule has 5 N–H and O–H groups in total. The fourth-order valence-corrected chi connectivity index (χ4v) is 3.83. The predicted octanol–water partition coefficient (Wildman–Crippen LogP) is 5.38. The number of carbonyl (C=O) groups excluding carboxylic acids is 1. The van der Waals surface area contributed by atoms with E-state index in [2.05, 4.69) is 33.2 Å². The number of aromatic carboxylic acids is 1. The van der Waals surface area contributed by atoms with Crippen LogP contribution in [0.4, 0.5) is 11.4 Å². The van der Waals surface area contributed by atoms with Crippen molar-refractivity contribution in [1.82, 2.24) is 10.6 Å². The Balaban J connectivity index is 1.51. The van der Waals surface area contributed by atoms with E-state index in [-0.39, 0.29) is 11.5 Å². The van der Waals surface area contributed by atoms with Crippen molar-refractivity contribution in [2.45, 2.75) is 27.2 Å². The minimum Gasteiger partial charge on any atom is -0.478 e. The van der Waals surface area contributed by atoms with Crippen molar-refractivity contribution >= 4 is 35.0 Å². The van der Waals surface area contributed by atoms with Crippen LogP contribution >= 0.6 is 0 Å². The molecular weight excluding hydrogens is 572 g/mol. The first-order valence-electron chi connectivity index (χ1n) is 14.8. The lowest BCUT2D eigenvalue weighted by atomic mass is 10.2. The highest BCUT2D eigenvalue weighted by Gasteiger charge is 2.09. The standard InChI is InChI=1S/C34H42N6O5/c1-4-25(2)31(38-29-13-9-6-10-14-29)40-34(39-30-17-15-28(16-18-30)33(42)43)37-26(3)35-19-21-44-23-24-45-22-20-36-32(41)27-11-7-5-8-12-27/h5-18,38H,4,19-24H2,1-3H3,(H,36,41)(H,42,43)(H2,35,37,39,40)/b31-25+. The van der Waals surface area contributed by atoms with Crippen LogP contribution in [0, 0.1) is 0 Å². The number of amidine groups is 1. The van der Waals surface area contributed by atoms with Gasteiger partial charge in [-0.2, -0.15) is 4.99 Å². The Bertz CT molecular complexity index is 1440. The summed E-state index contributed by atoms with van der Waals surface area (Å²) >= 11 is 0. The van der Waals surface area contributed by atoms with Crippen molar-refractivity contribution in [2.24, 2.45) is 9.98 Å². The maximum atomic E-state index is 12.0. The first-order valence-corrected chi connectivity index (χ1v) is 14.8. The van der Waals surface area contributed by atoms with Crippen molar-refractivity contribution in [2.75, 3.05) is 50.2 Å². The summed E-state index contributed by atoms with van der Waals surface area (Å²) in [7, 11) is 0. The van der Waals surface area contributed by atoms with E-state index >= 15 is 0 Å². The summed E-state index contributed by atoms with van der Waals surface area (Å²) in [5.74, 6) is 0.590. The lowest BCUT2D eigenvalue weighted by Crippen LogP contribution is -2.35. The van der Waals surface area contributed by atoms with E-state index in [0.29, 0.717) is 68.4 Å². The molecule has 11 heteroatoms. The van der Waals surface area contributed by atoms with Gasteiger partial charge in [0.15, 0.2) is 0 Å². The van der Waals surface area contributed by atoms with E-state index < -0.39 is 5.97 Å². The number of guanidine groups is 1. The summed E-state index contributed by atoms with van der Waals surface area (Å²) in [5, 5.41) is 21.9. The molecule has 0 spiro atoms. The number of rotatable bonds is 16. The second-order valence-electron chi connectivity index (χ2n) is 9.88. The third kappa shape index (κ3) is 13.0. The second-order valence-corrected chi connectivity index (χ2v) is 9.88. The third-order valence-electron chi connectivity index (χ3n) is 6.41. The fourth-order valence-electron chi connectivity index (χ4n) is 3.83. The van der Waals surface area contributed by atoms with Gasteiger partial charge in [-0.05, 0) is 74.4 Å². The van der Waals surface area contributed by atoms with Crippen LogP contribution in [-0.4, -0.2) is 68.3 Å². The Morgan fingerprint density at radius 3 is 2.02 bits per heavy atom. The monoisotopic (exact) mass is 614 g/mol. The van der Waals surface area contributed by atoms with Crippen molar-refractivity contribution in [3.05, 3.63) is 107 Å². The molecule has 0 aliphatic rings. The number of anilines is 2. The van der Waals surface area contributed by atoms with Crippen LogP contribution in [-0.2, 0) is 9.47 Å². The number of hydrogen-bond donors (Lipinski definition) is 5. The zero-order valence-electron chi connectivity index (χ0n) is 26.0. The van der Waals surface area contributed by atoms with E-state index in [1.54, 1.807) is 24.3 Å². The number of ether oxygens (including phenoxy) is 2. The molecule has 3 aromatic rings. The number of benzene rings is 3. The maximum absolute atomic E-state index is 12.0. The highest BCUT2D eigenvalue weighted by Crippen LogP contribution is 2.16. The Labute approximate surface area is 264 Å². The number of nitrogens with one attached hydrogen (secondary N) is 4. The van der Waals surface area contributed by atoms with Gasteiger partial charge >= 0.3 is 5.97 Å². The summed E-state index contributed by atoms with van der Waals surface area (Å²) in [6, 6.07) is 25.2. The molecule has 0 bridgehead atoms. The van der Waals surface area contributed by atoms with Crippen LogP contribution in [0.3, 0.4) is 0 Å². The van der Waals surface area contributed by atoms with E-state index in [4.69, 9.17) is 14.5 Å². The molecule has 11 nitrogen and oxygen atoms in total. The van der Waals surface area contributed by atoms with Gasteiger partial charge in [0.2, 0.25) is 5.96 Å². The minimum atomic E-state index is -0.992. The molecule has 0 aliphatic heterocycles. The molecule has 0 saturated heterocycles. The topological polar surface area (TPSA) is 146 Å². The zero-order valence-corrected chi connectivity index (χ0v) is 26.0. The van der Waals surface area contributed by atoms with Crippen LogP contribution in [0.2, 0.25) is 0 Å². The molecule has 0 radical (unpaired) electrons. The summed E-state index contributed by atoms with van der Waals surface area (Å²) < 4.78 is 11.2. The number of amides is 1. The van der Waals surface area contributed by atoms with E-state index in [9.17, 15) is 14.7 Å². The number of aliphatic imine (C=N–C) groups is 2. The minimum absolute atomic E-state index is 0.128. The van der Waals surface area contributed by atoms with Gasteiger partial charge in [-0.1, -0.05) is 43.3 Å². The maximum Gasteiger partial charge on any atom is 0.335 e. The average molecular weight is 615 g/mol. The molecule has 45 heavy (non-hydrogen) atoms. The molecule has 0 fully saturated rings. The molecule has 3 rings (SSSR count). The Hall–Kier alpha value is -5.00. The highest BCUT2D eigenvalue weighted by atomic mass is 16.5. The van der Waals surface area contributed by atoms with Crippen molar-refractivity contribution in [3.8, 4) is 0 Å². The lowest BCUT2D eigenvalue weighted by molar-refractivity contribution is 0.0512. The molecule has 0 saturated carbocycles. The SMILES string of the molecule is CC/C(C)=C(/N=C(\NC(C)=NCCOCCOCCNC(=O)c1ccccc1)Nc1ccc(C(=O)O)cc1)Nc1ccccc1. The Morgan fingerprint density at radius 1 is 0.756 bits per heavy atom. The second kappa shape index (κ2) is 19.3. The van der Waals surface area contributed by atoms with Gasteiger partial charge in [-0.25, -0.2) is 4.79 Å². The summed E-state index contributed by atoms with van der Waals surface area (Å²) in [5.41, 5.74) is 3.42. The highest BCUT2D eigenvalue weighted by molar-refractivity contribution is 6.05. The number of allylic oxidation sites excluding steroid dienone is 1. The van der Waals surface area contributed by atoms with Crippen molar-refractivity contribution in [3.63, 3.8) is 0 Å². The van der Waals surface area contributed by atoms with Crippen molar-refractivity contribution in [1.29, 1.82) is 0 Å². The number of carboxylic acids is 1. The molecule has 238 valence electrons. The first kappa shape index (κ1) is 34.5. The summed E-state index contributed by atoms with van der Waals surface area (Å²) in [4.78, 5) is 32.7. The van der Waals surface area contributed by atoms with Gasteiger partial charge in [0.1, 0.15) is 5.82 Å². The number of hydrogen-bond acceptors (Lipinski definition) is 7. The molecule has 1 amide bonds. The van der Waals surface area contributed by atoms with Crippen LogP contribution in [0.5, 0.6) is 0 Å². The van der Waals surface area contributed by atoms with Crippen LogP contribution in [0.25, 0.3) is 0 Å². The quantitative estimate of drug-likeness (QED) is 0.0822. The third-order valence-corrected chi connectivity index (χ3v) is 6.41. The van der Waals surface area contributed by atoms with Crippen LogP contribution in [0.15, 0.2) is 106 Å².